The monoisotopic (exact) mass is 325 g/mol. The Morgan fingerprint density at radius 2 is 1.57 bits per heavy atom. The molecule has 1 aromatic rings. The second kappa shape index (κ2) is 10.7. The summed E-state index contributed by atoms with van der Waals surface area (Å²) in [5.41, 5.74) is 1.19. The van der Waals surface area contributed by atoms with Crippen LogP contribution in [0.15, 0.2) is 30.3 Å². The molecule has 1 saturated heterocycles. The third kappa shape index (κ3) is 6.55. The molecule has 2 atom stereocenters. The molecule has 1 aliphatic rings. The Hall–Kier alpha value is -1.02. The van der Waals surface area contributed by atoms with Gasteiger partial charge in [0, 0.05) is 33.9 Å². The molecule has 130 valence electrons. The Morgan fingerprint density at radius 1 is 0.957 bits per heavy atom. The molecule has 0 aliphatic carbocycles. The number of ether oxygens (including phenoxy) is 5. The molecule has 0 N–H and O–H groups in total. The van der Waals surface area contributed by atoms with E-state index in [9.17, 15) is 0 Å². The van der Waals surface area contributed by atoms with E-state index in [-0.39, 0.29) is 25.8 Å². The molecule has 1 aliphatic heterocycles. The van der Waals surface area contributed by atoms with Crippen LogP contribution in [-0.2, 0) is 30.3 Å². The molecule has 6 nitrogen and oxygen atoms in total. The van der Waals surface area contributed by atoms with E-state index in [0.29, 0.717) is 13.2 Å². The van der Waals surface area contributed by atoms with Crippen molar-refractivity contribution in [3.05, 3.63) is 35.9 Å². The zero-order valence-corrected chi connectivity index (χ0v) is 14.0. The van der Waals surface area contributed by atoms with Gasteiger partial charge in [-0.1, -0.05) is 30.3 Å². The molecular formula is C17H27NO5. The zero-order valence-electron chi connectivity index (χ0n) is 14.0. The SMILES string of the molecule is COCO[C@H]1CN(CCOCc2ccccc2)C[C@@H]1OCOC. The molecule has 6 heteroatoms. The van der Waals surface area contributed by atoms with E-state index in [1.54, 1.807) is 14.2 Å². The quantitative estimate of drug-likeness (QED) is 0.454. The van der Waals surface area contributed by atoms with Crippen molar-refractivity contribution in [3.63, 3.8) is 0 Å². The fourth-order valence-corrected chi connectivity index (χ4v) is 2.59. The van der Waals surface area contributed by atoms with Crippen LogP contribution in [-0.4, -0.2) is 71.2 Å². The minimum absolute atomic E-state index is 0.000719. The van der Waals surface area contributed by atoms with Crippen LogP contribution in [0.5, 0.6) is 0 Å². The fourth-order valence-electron chi connectivity index (χ4n) is 2.59. The Bertz CT molecular complexity index is 401. The van der Waals surface area contributed by atoms with Crippen LogP contribution in [0.2, 0.25) is 0 Å². The maximum Gasteiger partial charge on any atom is 0.146 e. The summed E-state index contributed by atoms with van der Waals surface area (Å²) in [6, 6.07) is 10.2. The summed E-state index contributed by atoms with van der Waals surface area (Å²) in [6.45, 7) is 4.35. The lowest BCUT2D eigenvalue weighted by Gasteiger charge is -2.18. The van der Waals surface area contributed by atoms with Gasteiger partial charge in [0.15, 0.2) is 0 Å². The van der Waals surface area contributed by atoms with E-state index in [1.165, 1.54) is 5.56 Å². The van der Waals surface area contributed by atoms with Crippen LogP contribution in [0.25, 0.3) is 0 Å². The van der Waals surface area contributed by atoms with Gasteiger partial charge in [0.2, 0.25) is 0 Å². The highest BCUT2D eigenvalue weighted by molar-refractivity contribution is 5.13. The lowest BCUT2D eigenvalue weighted by atomic mass is 10.2. The molecule has 0 aromatic heterocycles. The molecule has 23 heavy (non-hydrogen) atoms. The lowest BCUT2D eigenvalue weighted by molar-refractivity contribution is -0.139. The third-order valence-electron chi connectivity index (χ3n) is 3.75. The third-order valence-corrected chi connectivity index (χ3v) is 3.75. The van der Waals surface area contributed by atoms with Crippen LogP contribution in [0.4, 0.5) is 0 Å². The number of methoxy groups -OCH3 is 2. The Labute approximate surface area is 138 Å². The maximum absolute atomic E-state index is 5.74. The van der Waals surface area contributed by atoms with Gasteiger partial charge in [-0.2, -0.15) is 0 Å². The minimum Gasteiger partial charge on any atom is -0.375 e. The minimum atomic E-state index is -0.000719. The van der Waals surface area contributed by atoms with E-state index in [2.05, 4.69) is 17.0 Å². The number of rotatable bonds is 11. The average molecular weight is 325 g/mol. The summed E-state index contributed by atoms with van der Waals surface area (Å²) in [6.07, 6.45) is -0.00144. The molecular weight excluding hydrogens is 298 g/mol. The second-order valence-corrected chi connectivity index (χ2v) is 5.52. The maximum atomic E-state index is 5.74. The Morgan fingerprint density at radius 3 is 2.13 bits per heavy atom. The normalized spacial score (nSPS) is 21.8. The van der Waals surface area contributed by atoms with E-state index in [1.807, 2.05) is 18.2 Å². The number of hydrogen-bond donors (Lipinski definition) is 0. The highest BCUT2D eigenvalue weighted by Crippen LogP contribution is 2.17. The van der Waals surface area contributed by atoms with E-state index >= 15 is 0 Å². The molecule has 0 radical (unpaired) electrons. The van der Waals surface area contributed by atoms with Crippen LogP contribution in [0.3, 0.4) is 0 Å². The van der Waals surface area contributed by atoms with Crippen LogP contribution < -0.4 is 0 Å². The van der Waals surface area contributed by atoms with Crippen LogP contribution >= 0.6 is 0 Å². The molecule has 1 fully saturated rings. The molecule has 0 saturated carbocycles. The van der Waals surface area contributed by atoms with Crippen molar-refractivity contribution in [3.8, 4) is 0 Å². The predicted molar refractivity (Wildman–Crippen MR) is 86.0 cm³/mol. The topological polar surface area (TPSA) is 49.4 Å². The first-order valence-electron chi connectivity index (χ1n) is 7.88. The summed E-state index contributed by atoms with van der Waals surface area (Å²) in [7, 11) is 3.24. The predicted octanol–water partition coefficient (Wildman–Crippen LogP) is 1.50. The van der Waals surface area contributed by atoms with Crippen molar-refractivity contribution < 1.29 is 23.7 Å². The van der Waals surface area contributed by atoms with Crippen molar-refractivity contribution in [2.75, 3.05) is 54.0 Å². The first-order chi connectivity index (χ1) is 11.3. The van der Waals surface area contributed by atoms with Gasteiger partial charge in [-0.25, -0.2) is 0 Å². The summed E-state index contributed by atoms with van der Waals surface area (Å²) in [5.74, 6) is 0. The van der Waals surface area contributed by atoms with E-state index in [0.717, 1.165) is 19.6 Å². The van der Waals surface area contributed by atoms with E-state index in [4.69, 9.17) is 23.7 Å². The van der Waals surface area contributed by atoms with Gasteiger partial charge in [0.1, 0.15) is 25.8 Å². The number of likely N-dealkylation sites (tertiary alicyclic amines) is 1. The van der Waals surface area contributed by atoms with Crippen LogP contribution in [0, 0.1) is 0 Å². The average Bonchev–Trinajstić information content (AvgIpc) is 2.98. The number of benzene rings is 1. The van der Waals surface area contributed by atoms with Crippen molar-refractivity contribution in [1.29, 1.82) is 0 Å². The van der Waals surface area contributed by atoms with Gasteiger partial charge in [-0.05, 0) is 5.56 Å². The second-order valence-electron chi connectivity index (χ2n) is 5.52. The smallest absolute Gasteiger partial charge is 0.146 e. The molecule has 0 bridgehead atoms. The Balaban J connectivity index is 1.68. The molecule has 0 amide bonds. The zero-order chi connectivity index (χ0) is 16.3. The first-order valence-corrected chi connectivity index (χ1v) is 7.88. The van der Waals surface area contributed by atoms with Gasteiger partial charge < -0.3 is 23.7 Å². The Kier molecular flexibility index (Phi) is 8.52. The van der Waals surface area contributed by atoms with Crippen molar-refractivity contribution in [2.24, 2.45) is 0 Å². The molecule has 0 spiro atoms. The first kappa shape index (κ1) is 18.3. The number of nitrogens with zero attached hydrogens (tertiary/aromatic N) is 1. The van der Waals surface area contributed by atoms with Gasteiger partial charge in [-0.15, -0.1) is 0 Å². The fraction of sp³-hybridized carbons (Fsp3) is 0.647. The van der Waals surface area contributed by atoms with Gasteiger partial charge >= 0.3 is 0 Å². The largest absolute Gasteiger partial charge is 0.375 e. The molecule has 1 heterocycles. The lowest BCUT2D eigenvalue weighted by Crippen LogP contribution is -2.31. The summed E-state index contributed by atoms with van der Waals surface area (Å²) < 4.78 is 27.1. The molecule has 2 rings (SSSR count). The van der Waals surface area contributed by atoms with Crippen molar-refractivity contribution in [1.82, 2.24) is 4.90 Å². The van der Waals surface area contributed by atoms with Gasteiger partial charge in [0.05, 0.1) is 13.2 Å². The van der Waals surface area contributed by atoms with Crippen molar-refractivity contribution in [2.45, 2.75) is 18.8 Å². The molecule has 1 aromatic carbocycles. The highest BCUT2D eigenvalue weighted by atomic mass is 16.7. The van der Waals surface area contributed by atoms with Crippen molar-refractivity contribution >= 4 is 0 Å². The summed E-state index contributed by atoms with van der Waals surface area (Å²) in [5, 5.41) is 0. The van der Waals surface area contributed by atoms with E-state index < -0.39 is 0 Å². The highest BCUT2D eigenvalue weighted by Gasteiger charge is 2.34. The summed E-state index contributed by atoms with van der Waals surface area (Å²) in [4.78, 5) is 2.28. The van der Waals surface area contributed by atoms with Crippen LogP contribution in [0.1, 0.15) is 5.56 Å². The van der Waals surface area contributed by atoms with Gasteiger partial charge in [-0.3, -0.25) is 4.90 Å². The molecule has 0 unspecified atom stereocenters. The standard InChI is InChI=1S/C17H27NO5/c1-19-13-22-16-10-18(11-17(16)23-14-20-2)8-9-21-12-15-6-4-3-5-7-15/h3-7,16-17H,8-14H2,1-2H3/t16-,17-/m0/s1. The van der Waals surface area contributed by atoms with Gasteiger partial charge in [0.25, 0.3) is 0 Å². The number of hydrogen-bond acceptors (Lipinski definition) is 6. The summed E-state index contributed by atoms with van der Waals surface area (Å²) >= 11 is 0.